The number of anilines is 1. The van der Waals surface area contributed by atoms with Crippen molar-refractivity contribution in [1.29, 1.82) is 0 Å². The first-order valence-electron chi connectivity index (χ1n) is 12.3. The van der Waals surface area contributed by atoms with E-state index in [2.05, 4.69) is 16.3 Å². The molecular weight excluding hydrogens is 437 g/mol. The predicted octanol–water partition coefficient (Wildman–Crippen LogP) is 6.90. The molecule has 1 aromatic heterocycles. The number of likely N-dealkylation sites (tertiary alicyclic amines) is 1. The Bertz CT molecular complexity index is 1370. The number of hydrogen-bond acceptors (Lipinski definition) is 3. The van der Waals surface area contributed by atoms with Crippen LogP contribution >= 0.6 is 0 Å². The van der Waals surface area contributed by atoms with Gasteiger partial charge >= 0.3 is 0 Å². The molecule has 0 atom stereocenters. The molecule has 0 spiro atoms. The summed E-state index contributed by atoms with van der Waals surface area (Å²) >= 11 is 0. The van der Waals surface area contributed by atoms with Gasteiger partial charge in [-0.1, -0.05) is 48.4 Å². The number of rotatable bonds is 5. The molecule has 5 heteroatoms. The third-order valence-electron chi connectivity index (χ3n) is 6.86. The highest BCUT2D eigenvalue weighted by Gasteiger charge is 2.16. The average molecular weight is 468 g/mol. The number of benzene rings is 3. The Hall–Kier alpha value is -3.57. The van der Waals surface area contributed by atoms with Gasteiger partial charge in [-0.2, -0.15) is 0 Å². The summed E-state index contributed by atoms with van der Waals surface area (Å²) in [7, 11) is 0. The van der Waals surface area contributed by atoms with Crippen LogP contribution in [0.4, 0.5) is 10.1 Å². The standard InChI is InChI=1S/C30H30FN3O/c1-20-6-8-23(9-7-20)24-10-12-26(27(31)17-24)30(35)33-28-13-11-25-16-22(18-32-29(25)21(28)2)19-34-14-4-3-5-15-34/h6-13,16-18H,3-5,14-15,19H2,1-2H3,(H,33,35). The van der Waals surface area contributed by atoms with Crippen molar-refractivity contribution >= 4 is 22.5 Å². The molecule has 4 aromatic rings. The van der Waals surface area contributed by atoms with Crippen molar-refractivity contribution in [2.24, 2.45) is 0 Å². The number of nitrogens with one attached hydrogen (secondary N) is 1. The van der Waals surface area contributed by atoms with Crippen LogP contribution in [0, 0.1) is 19.7 Å². The smallest absolute Gasteiger partial charge is 0.258 e. The number of pyridine rings is 1. The molecule has 1 amide bonds. The van der Waals surface area contributed by atoms with Crippen molar-refractivity contribution in [3.63, 3.8) is 0 Å². The van der Waals surface area contributed by atoms with Gasteiger partial charge in [0.05, 0.1) is 11.1 Å². The number of aromatic nitrogens is 1. The van der Waals surface area contributed by atoms with Gasteiger partial charge in [-0.05, 0) is 86.3 Å². The Morgan fingerprint density at radius 3 is 2.43 bits per heavy atom. The number of fused-ring (bicyclic) bond motifs is 1. The van der Waals surface area contributed by atoms with Crippen LogP contribution in [0.25, 0.3) is 22.0 Å². The van der Waals surface area contributed by atoms with Crippen LogP contribution < -0.4 is 5.32 Å². The normalized spacial score (nSPS) is 14.3. The fraction of sp³-hybridized carbons (Fsp3) is 0.267. The van der Waals surface area contributed by atoms with Gasteiger partial charge in [0.1, 0.15) is 5.82 Å². The summed E-state index contributed by atoms with van der Waals surface area (Å²) < 4.78 is 14.9. The van der Waals surface area contributed by atoms with Crippen LogP contribution in [-0.2, 0) is 6.54 Å². The number of piperidine rings is 1. The minimum atomic E-state index is -0.542. The second kappa shape index (κ2) is 9.96. The van der Waals surface area contributed by atoms with E-state index in [9.17, 15) is 9.18 Å². The summed E-state index contributed by atoms with van der Waals surface area (Å²) in [5.41, 5.74) is 6.38. The molecule has 0 aliphatic carbocycles. The van der Waals surface area contributed by atoms with Gasteiger partial charge in [0, 0.05) is 23.8 Å². The maximum absolute atomic E-state index is 14.9. The van der Waals surface area contributed by atoms with Crippen molar-refractivity contribution in [3.05, 3.63) is 94.9 Å². The number of halogens is 1. The lowest BCUT2D eigenvalue weighted by Crippen LogP contribution is -2.29. The first-order valence-corrected chi connectivity index (χ1v) is 12.3. The van der Waals surface area contributed by atoms with E-state index in [0.717, 1.165) is 52.8 Å². The minimum absolute atomic E-state index is 0.0187. The molecule has 1 saturated heterocycles. The number of aryl methyl sites for hydroxylation is 2. The van der Waals surface area contributed by atoms with Crippen molar-refractivity contribution < 1.29 is 9.18 Å². The Morgan fingerprint density at radius 2 is 1.69 bits per heavy atom. The fourth-order valence-electron chi connectivity index (χ4n) is 4.81. The summed E-state index contributed by atoms with van der Waals surface area (Å²) in [6.07, 6.45) is 5.77. The topological polar surface area (TPSA) is 45.2 Å². The molecule has 0 radical (unpaired) electrons. The van der Waals surface area contributed by atoms with Crippen LogP contribution in [0.15, 0.2) is 66.9 Å². The molecule has 178 valence electrons. The average Bonchev–Trinajstić information content (AvgIpc) is 2.87. The first-order chi connectivity index (χ1) is 17.0. The van der Waals surface area contributed by atoms with Gasteiger partial charge in [0.25, 0.3) is 5.91 Å². The maximum Gasteiger partial charge on any atom is 0.258 e. The quantitative estimate of drug-likeness (QED) is 0.347. The third-order valence-corrected chi connectivity index (χ3v) is 6.86. The van der Waals surface area contributed by atoms with Crippen molar-refractivity contribution in [3.8, 4) is 11.1 Å². The van der Waals surface area contributed by atoms with E-state index in [4.69, 9.17) is 4.98 Å². The summed E-state index contributed by atoms with van der Waals surface area (Å²) in [6, 6.07) is 18.6. The molecule has 0 bridgehead atoms. The number of amides is 1. The Kier molecular flexibility index (Phi) is 6.60. The molecule has 1 N–H and O–H groups in total. The molecule has 1 aliphatic rings. The molecular formula is C30H30FN3O. The zero-order valence-electron chi connectivity index (χ0n) is 20.3. The van der Waals surface area contributed by atoms with E-state index in [1.165, 1.54) is 30.9 Å². The van der Waals surface area contributed by atoms with Gasteiger partial charge in [-0.15, -0.1) is 0 Å². The van der Waals surface area contributed by atoms with E-state index in [-0.39, 0.29) is 5.56 Å². The summed E-state index contributed by atoms with van der Waals surface area (Å²) in [6.45, 7) is 7.15. The van der Waals surface area contributed by atoms with Gasteiger partial charge in [0.2, 0.25) is 0 Å². The maximum atomic E-state index is 14.9. The van der Waals surface area contributed by atoms with E-state index >= 15 is 0 Å². The monoisotopic (exact) mass is 467 g/mol. The minimum Gasteiger partial charge on any atom is -0.322 e. The SMILES string of the molecule is Cc1ccc(-c2ccc(C(=O)Nc3ccc4cc(CN5CCCCC5)cnc4c3C)c(F)c2)cc1. The molecule has 4 nitrogen and oxygen atoms in total. The molecule has 35 heavy (non-hydrogen) atoms. The Morgan fingerprint density at radius 1 is 0.943 bits per heavy atom. The third kappa shape index (κ3) is 5.10. The van der Waals surface area contributed by atoms with Crippen LogP contribution in [0.3, 0.4) is 0 Å². The van der Waals surface area contributed by atoms with Crippen molar-refractivity contribution in [1.82, 2.24) is 9.88 Å². The fourth-order valence-corrected chi connectivity index (χ4v) is 4.81. The second-order valence-electron chi connectivity index (χ2n) is 9.50. The predicted molar refractivity (Wildman–Crippen MR) is 140 cm³/mol. The van der Waals surface area contributed by atoms with E-state index in [1.807, 2.05) is 56.4 Å². The van der Waals surface area contributed by atoms with Crippen LogP contribution in [0.1, 0.15) is 46.3 Å². The van der Waals surface area contributed by atoms with Gasteiger partial charge in [-0.25, -0.2) is 4.39 Å². The van der Waals surface area contributed by atoms with Crippen LogP contribution in [0.2, 0.25) is 0 Å². The van der Waals surface area contributed by atoms with E-state index in [0.29, 0.717) is 5.69 Å². The van der Waals surface area contributed by atoms with Crippen LogP contribution in [-0.4, -0.2) is 28.9 Å². The number of carbonyl (C=O) groups is 1. The largest absolute Gasteiger partial charge is 0.322 e. The number of carbonyl (C=O) groups excluding carboxylic acids is 1. The van der Waals surface area contributed by atoms with Crippen molar-refractivity contribution in [2.75, 3.05) is 18.4 Å². The molecule has 3 aromatic carbocycles. The highest BCUT2D eigenvalue weighted by Crippen LogP contribution is 2.27. The molecule has 5 rings (SSSR count). The molecule has 1 fully saturated rings. The Labute approximate surface area is 205 Å². The lowest BCUT2D eigenvalue weighted by Gasteiger charge is -2.26. The van der Waals surface area contributed by atoms with Gasteiger partial charge < -0.3 is 5.32 Å². The highest BCUT2D eigenvalue weighted by atomic mass is 19.1. The summed E-state index contributed by atoms with van der Waals surface area (Å²) in [4.78, 5) is 20.1. The summed E-state index contributed by atoms with van der Waals surface area (Å²) in [5.74, 6) is -1.01. The zero-order valence-corrected chi connectivity index (χ0v) is 20.3. The van der Waals surface area contributed by atoms with Gasteiger partial charge in [-0.3, -0.25) is 14.7 Å². The van der Waals surface area contributed by atoms with E-state index < -0.39 is 11.7 Å². The number of nitrogens with zero attached hydrogens (tertiary/aromatic N) is 2. The molecule has 0 unspecified atom stereocenters. The van der Waals surface area contributed by atoms with Gasteiger partial charge in [0.15, 0.2) is 0 Å². The second-order valence-corrected chi connectivity index (χ2v) is 9.50. The zero-order chi connectivity index (χ0) is 24.4. The molecule has 0 saturated carbocycles. The first kappa shape index (κ1) is 23.2. The Balaban J connectivity index is 1.34. The molecule has 2 heterocycles. The lowest BCUT2D eigenvalue weighted by molar-refractivity contribution is 0.102. The van der Waals surface area contributed by atoms with Crippen LogP contribution in [0.5, 0.6) is 0 Å². The highest BCUT2D eigenvalue weighted by molar-refractivity contribution is 6.06. The van der Waals surface area contributed by atoms with E-state index in [1.54, 1.807) is 12.1 Å². The summed E-state index contributed by atoms with van der Waals surface area (Å²) in [5, 5.41) is 3.92. The lowest BCUT2D eigenvalue weighted by atomic mass is 10.0. The molecule has 1 aliphatic heterocycles. The number of hydrogen-bond donors (Lipinski definition) is 1. The van der Waals surface area contributed by atoms with Crippen molar-refractivity contribution in [2.45, 2.75) is 39.7 Å².